The van der Waals surface area contributed by atoms with Crippen LogP contribution in [0, 0.1) is 6.92 Å². The summed E-state index contributed by atoms with van der Waals surface area (Å²) in [6, 6.07) is 5.78. The predicted molar refractivity (Wildman–Crippen MR) is 71.1 cm³/mol. The maximum Gasteiger partial charge on any atom is 0.258 e. The van der Waals surface area contributed by atoms with Crippen molar-refractivity contribution in [1.82, 2.24) is 5.32 Å². The standard InChI is InChI=1S/C14H21NO3/c1-5-11(3)15-14(16)9-18-12-7-6-10(2)8-13(12)17-4/h6-8,11H,5,9H2,1-4H3,(H,15,16). The molecule has 1 N–H and O–H groups in total. The molecule has 0 saturated carbocycles. The van der Waals surface area contributed by atoms with E-state index in [1.807, 2.05) is 39.0 Å². The summed E-state index contributed by atoms with van der Waals surface area (Å²) < 4.78 is 10.7. The van der Waals surface area contributed by atoms with E-state index >= 15 is 0 Å². The molecule has 18 heavy (non-hydrogen) atoms. The second kappa shape index (κ2) is 6.89. The van der Waals surface area contributed by atoms with Crippen molar-refractivity contribution in [2.75, 3.05) is 13.7 Å². The van der Waals surface area contributed by atoms with Gasteiger partial charge in [0.25, 0.3) is 5.91 Å². The second-order valence-corrected chi connectivity index (χ2v) is 4.32. The van der Waals surface area contributed by atoms with E-state index in [9.17, 15) is 4.79 Å². The molecule has 1 aromatic rings. The Morgan fingerprint density at radius 1 is 1.39 bits per heavy atom. The van der Waals surface area contributed by atoms with Gasteiger partial charge in [-0.25, -0.2) is 0 Å². The minimum atomic E-state index is -0.119. The van der Waals surface area contributed by atoms with Crippen LogP contribution in [0.15, 0.2) is 18.2 Å². The third-order valence-corrected chi connectivity index (χ3v) is 2.70. The zero-order valence-electron chi connectivity index (χ0n) is 11.4. The van der Waals surface area contributed by atoms with E-state index in [-0.39, 0.29) is 18.6 Å². The van der Waals surface area contributed by atoms with Crippen LogP contribution in [0.3, 0.4) is 0 Å². The lowest BCUT2D eigenvalue weighted by Gasteiger charge is -2.13. The minimum Gasteiger partial charge on any atom is -0.493 e. The van der Waals surface area contributed by atoms with E-state index < -0.39 is 0 Å². The predicted octanol–water partition coefficient (Wildman–Crippen LogP) is 2.30. The summed E-state index contributed by atoms with van der Waals surface area (Å²) in [6.45, 7) is 5.96. The van der Waals surface area contributed by atoms with Crippen LogP contribution < -0.4 is 14.8 Å². The van der Waals surface area contributed by atoms with Gasteiger partial charge >= 0.3 is 0 Å². The van der Waals surface area contributed by atoms with Crippen LogP contribution >= 0.6 is 0 Å². The topological polar surface area (TPSA) is 47.6 Å². The molecule has 0 radical (unpaired) electrons. The highest BCUT2D eigenvalue weighted by molar-refractivity contribution is 5.77. The number of rotatable bonds is 6. The average Bonchev–Trinajstić information content (AvgIpc) is 2.36. The van der Waals surface area contributed by atoms with Crippen molar-refractivity contribution < 1.29 is 14.3 Å². The monoisotopic (exact) mass is 251 g/mol. The first kappa shape index (κ1) is 14.4. The number of hydrogen-bond acceptors (Lipinski definition) is 3. The summed E-state index contributed by atoms with van der Waals surface area (Å²) in [7, 11) is 1.58. The molecule has 1 amide bonds. The minimum absolute atomic E-state index is 0.00373. The number of nitrogens with one attached hydrogen (secondary N) is 1. The first-order valence-electron chi connectivity index (χ1n) is 6.13. The van der Waals surface area contributed by atoms with Crippen LogP contribution in [-0.2, 0) is 4.79 Å². The molecule has 1 rings (SSSR count). The van der Waals surface area contributed by atoms with Crippen LogP contribution in [0.1, 0.15) is 25.8 Å². The van der Waals surface area contributed by atoms with Gasteiger partial charge in [-0.15, -0.1) is 0 Å². The lowest BCUT2D eigenvalue weighted by molar-refractivity contribution is -0.123. The number of amides is 1. The van der Waals surface area contributed by atoms with E-state index in [2.05, 4.69) is 5.32 Å². The van der Waals surface area contributed by atoms with Gasteiger partial charge in [-0.1, -0.05) is 13.0 Å². The fourth-order valence-electron chi connectivity index (χ4n) is 1.46. The van der Waals surface area contributed by atoms with Gasteiger partial charge in [-0.3, -0.25) is 4.79 Å². The third kappa shape index (κ3) is 4.28. The number of methoxy groups -OCH3 is 1. The van der Waals surface area contributed by atoms with Crippen molar-refractivity contribution in [1.29, 1.82) is 0 Å². The molecule has 1 unspecified atom stereocenters. The third-order valence-electron chi connectivity index (χ3n) is 2.70. The number of carbonyl (C=O) groups is 1. The van der Waals surface area contributed by atoms with Gasteiger partial charge in [-0.05, 0) is 38.0 Å². The van der Waals surface area contributed by atoms with Gasteiger partial charge in [0, 0.05) is 6.04 Å². The normalized spacial score (nSPS) is 11.8. The SMILES string of the molecule is CCC(C)NC(=O)COc1ccc(C)cc1OC. The maximum absolute atomic E-state index is 11.6. The molecular formula is C14H21NO3. The highest BCUT2D eigenvalue weighted by Gasteiger charge is 2.09. The van der Waals surface area contributed by atoms with Crippen LogP contribution in [0.2, 0.25) is 0 Å². The molecule has 0 aliphatic carbocycles. The van der Waals surface area contributed by atoms with Crippen LogP contribution in [0.5, 0.6) is 11.5 Å². The maximum atomic E-state index is 11.6. The molecule has 100 valence electrons. The Labute approximate surface area is 108 Å². The van der Waals surface area contributed by atoms with Gasteiger partial charge in [0.05, 0.1) is 7.11 Å². The summed E-state index contributed by atoms with van der Waals surface area (Å²) in [4.78, 5) is 11.6. The number of benzene rings is 1. The van der Waals surface area contributed by atoms with Crippen molar-refractivity contribution in [2.24, 2.45) is 0 Å². The average molecular weight is 251 g/mol. The summed E-state index contributed by atoms with van der Waals surface area (Å²) in [6.07, 6.45) is 0.902. The molecule has 0 saturated heterocycles. The molecule has 0 spiro atoms. The van der Waals surface area contributed by atoms with Gasteiger partial charge in [0.2, 0.25) is 0 Å². The molecule has 0 aliphatic heterocycles. The van der Waals surface area contributed by atoms with Crippen LogP contribution in [0.25, 0.3) is 0 Å². The summed E-state index contributed by atoms with van der Waals surface area (Å²) >= 11 is 0. The van der Waals surface area contributed by atoms with E-state index in [1.165, 1.54) is 0 Å². The number of aryl methyl sites for hydroxylation is 1. The molecule has 4 heteroatoms. The Hall–Kier alpha value is -1.71. The first-order valence-corrected chi connectivity index (χ1v) is 6.13. The fraction of sp³-hybridized carbons (Fsp3) is 0.500. The fourth-order valence-corrected chi connectivity index (χ4v) is 1.46. The van der Waals surface area contributed by atoms with E-state index in [1.54, 1.807) is 7.11 Å². The Morgan fingerprint density at radius 3 is 2.72 bits per heavy atom. The zero-order valence-corrected chi connectivity index (χ0v) is 11.4. The lowest BCUT2D eigenvalue weighted by atomic mass is 10.2. The zero-order chi connectivity index (χ0) is 13.5. The molecular weight excluding hydrogens is 230 g/mol. The van der Waals surface area contributed by atoms with Crippen molar-refractivity contribution >= 4 is 5.91 Å². The highest BCUT2D eigenvalue weighted by atomic mass is 16.5. The number of carbonyl (C=O) groups excluding carboxylic acids is 1. The van der Waals surface area contributed by atoms with E-state index in [4.69, 9.17) is 9.47 Å². The Balaban J connectivity index is 2.55. The van der Waals surface area contributed by atoms with Crippen LogP contribution in [0.4, 0.5) is 0 Å². The van der Waals surface area contributed by atoms with E-state index in [0.29, 0.717) is 11.5 Å². The number of ether oxygens (including phenoxy) is 2. The van der Waals surface area contributed by atoms with Crippen molar-refractivity contribution in [3.8, 4) is 11.5 Å². The molecule has 0 aliphatic rings. The van der Waals surface area contributed by atoms with Gasteiger partial charge in [0.1, 0.15) is 0 Å². The summed E-state index contributed by atoms with van der Waals surface area (Å²) in [5, 5.41) is 2.84. The lowest BCUT2D eigenvalue weighted by Crippen LogP contribution is -2.35. The first-order chi connectivity index (χ1) is 8.56. The summed E-state index contributed by atoms with van der Waals surface area (Å²) in [5.41, 5.74) is 1.09. The molecule has 0 bridgehead atoms. The Bertz CT molecular complexity index is 404. The molecule has 4 nitrogen and oxygen atoms in total. The number of hydrogen-bond donors (Lipinski definition) is 1. The molecule has 0 aromatic heterocycles. The molecule has 0 fully saturated rings. The Kier molecular flexibility index (Phi) is 5.49. The molecule has 0 heterocycles. The van der Waals surface area contributed by atoms with Crippen LogP contribution in [-0.4, -0.2) is 25.7 Å². The Morgan fingerprint density at radius 2 is 2.11 bits per heavy atom. The van der Waals surface area contributed by atoms with Gasteiger partial charge in [0.15, 0.2) is 18.1 Å². The van der Waals surface area contributed by atoms with Crippen molar-refractivity contribution in [2.45, 2.75) is 33.2 Å². The summed E-state index contributed by atoms with van der Waals surface area (Å²) in [5.74, 6) is 1.11. The quantitative estimate of drug-likeness (QED) is 0.844. The second-order valence-electron chi connectivity index (χ2n) is 4.32. The van der Waals surface area contributed by atoms with Crippen molar-refractivity contribution in [3.63, 3.8) is 0 Å². The van der Waals surface area contributed by atoms with Gasteiger partial charge < -0.3 is 14.8 Å². The largest absolute Gasteiger partial charge is 0.493 e. The van der Waals surface area contributed by atoms with Gasteiger partial charge in [-0.2, -0.15) is 0 Å². The van der Waals surface area contributed by atoms with Crippen molar-refractivity contribution in [3.05, 3.63) is 23.8 Å². The molecule has 1 atom stereocenters. The molecule has 1 aromatic carbocycles. The smallest absolute Gasteiger partial charge is 0.258 e. The highest BCUT2D eigenvalue weighted by Crippen LogP contribution is 2.27. The van der Waals surface area contributed by atoms with E-state index in [0.717, 1.165) is 12.0 Å².